The molecule has 8 heteroatoms. The third-order valence-electron chi connectivity index (χ3n) is 3.71. The van der Waals surface area contributed by atoms with E-state index in [1.807, 2.05) is 0 Å². The average Bonchev–Trinajstić information content (AvgIpc) is 3.12. The highest BCUT2D eigenvalue weighted by Crippen LogP contribution is 2.35. The van der Waals surface area contributed by atoms with Crippen molar-refractivity contribution in [1.29, 1.82) is 0 Å². The minimum atomic E-state index is -4.44. The Bertz CT molecular complexity index is 899. The molecule has 0 bridgehead atoms. The second kappa shape index (κ2) is 6.68. The maximum atomic E-state index is 12.8. The number of hydrogen-bond acceptors (Lipinski definition) is 4. The molecule has 0 aliphatic carbocycles. The molecule has 0 spiro atoms. The SMILES string of the molecule is CC(C)N1C(=O)SC(=Cc2ccc(-c3cccc(C(F)(F)F)c3)o2)C1=O. The molecule has 1 aliphatic rings. The Kier molecular flexibility index (Phi) is 4.70. The molecule has 2 heterocycles. The summed E-state index contributed by atoms with van der Waals surface area (Å²) in [5.74, 6) is 0.115. The van der Waals surface area contributed by atoms with Crippen LogP contribution in [0, 0.1) is 0 Å². The van der Waals surface area contributed by atoms with Gasteiger partial charge in [0.1, 0.15) is 11.5 Å². The Labute approximate surface area is 151 Å². The number of benzene rings is 1. The van der Waals surface area contributed by atoms with Crippen molar-refractivity contribution < 1.29 is 27.2 Å². The molecule has 3 rings (SSSR count). The topological polar surface area (TPSA) is 50.5 Å². The molecule has 0 unspecified atom stereocenters. The van der Waals surface area contributed by atoms with Crippen molar-refractivity contribution in [3.63, 3.8) is 0 Å². The lowest BCUT2D eigenvalue weighted by Gasteiger charge is -2.16. The summed E-state index contributed by atoms with van der Waals surface area (Å²) >= 11 is 0.806. The van der Waals surface area contributed by atoms with E-state index in [9.17, 15) is 22.8 Å². The Morgan fingerprint density at radius 1 is 1.15 bits per heavy atom. The van der Waals surface area contributed by atoms with E-state index in [2.05, 4.69) is 0 Å². The molecule has 26 heavy (non-hydrogen) atoms. The first kappa shape index (κ1) is 18.3. The van der Waals surface area contributed by atoms with Crippen LogP contribution >= 0.6 is 11.8 Å². The molecule has 1 aromatic carbocycles. The van der Waals surface area contributed by atoms with E-state index in [1.165, 1.54) is 24.3 Å². The number of halogens is 3. The van der Waals surface area contributed by atoms with Crippen LogP contribution in [0.25, 0.3) is 17.4 Å². The fourth-order valence-electron chi connectivity index (χ4n) is 2.49. The standard InChI is InChI=1S/C18H14F3NO3S/c1-10(2)22-16(23)15(26-17(22)24)9-13-6-7-14(25-13)11-4-3-5-12(8-11)18(19,20)21/h3-10H,1-2H3. The van der Waals surface area contributed by atoms with Gasteiger partial charge in [0.15, 0.2) is 0 Å². The second-order valence-corrected chi connectivity index (χ2v) is 6.92. The molecule has 1 fully saturated rings. The van der Waals surface area contributed by atoms with Gasteiger partial charge in [0.25, 0.3) is 11.1 Å². The molecule has 0 N–H and O–H groups in total. The number of amides is 2. The molecule has 0 atom stereocenters. The number of rotatable bonds is 3. The number of carbonyl (C=O) groups excluding carboxylic acids is 2. The minimum Gasteiger partial charge on any atom is -0.457 e. The van der Waals surface area contributed by atoms with E-state index in [-0.39, 0.29) is 33.3 Å². The van der Waals surface area contributed by atoms with E-state index >= 15 is 0 Å². The normalized spacial score (nSPS) is 17.0. The number of thioether (sulfide) groups is 1. The molecular weight excluding hydrogens is 367 g/mol. The zero-order chi connectivity index (χ0) is 19.1. The third kappa shape index (κ3) is 3.55. The van der Waals surface area contributed by atoms with Gasteiger partial charge in [-0.3, -0.25) is 14.5 Å². The van der Waals surface area contributed by atoms with Crippen LogP contribution in [-0.4, -0.2) is 22.1 Å². The highest BCUT2D eigenvalue weighted by molar-refractivity contribution is 8.18. The molecule has 0 saturated carbocycles. The first-order chi connectivity index (χ1) is 12.2. The van der Waals surface area contributed by atoms with E-state index in [0.29, 0.717) is 0 Å². The van der Waals surface area contributed by atoms with Gasteiger partial charge in [-0.2, -0.15) is 13.2 Å². The molecule has 1 aromatic heterocycles. The Morgan fingerprint density at radius 3 is 2.50 bits per heavy atom. The van der Waals surface area contributed by atoms with Gasteiger partial charge in [0.2, 0.25) is 0 Å². The first-order valence-corrected chi connectivity index (χ1v) is 8.53. The van der Waals surface area contributed by atoms with Crippen molar-refractivity contribution in [3.8, 4) is 11.3 Å². The molecule has 0 radical (unpaired) electrons. The van der Waals surface area contributed by atoms with Crippen molar-refractivity contribution in [2.24, 2.45) is 0 Å². The lowest BCUT2D eigenvalue weighted by atomic mass is 10.1. The molecular formula is C18H14F3NO3S. The van der Waals surface area contributed by atoms with E-state index in [1.54, 1.807) is 19.9 Å². The van der Waals surface area contributed by atoms with Gasteiger partial charge in [0.05, 0.1) is 10.5 Å². The molecule has 2 aromatic rings. The number of furan rings is 1. The molecule has 1 aliphatic heterocycles. The molecule has 2 amide bonds. The van der Waals surface area contributed by atoms with E-state index in [4.69, 9.17) is 4.42 Å². The summed E-state index contributed by atoms with van der Waals surface area (Å²) in [6, 6.07) is 7.58. The number of imide groups is 1. The Morgan fingerprint density at radius 2 is 1.88 bits per heavy atom. The first-order valence-electron chi connectivity index (χ1n) is 7.71. The third-order valence-corrected chi connectivity index (χ3v) is 4.60. The van der Waals surface area contributed by atoms with Crippen molar-refractivity contribution in [2.75, 3.05) is 0 Å². The summed E-state index contributed by atoms with van der Waals surface area (Å²) in [4.78, 5) is 25.5. The summed E-state index contributed by atoms with van der Waals surface area (Å²) in [5.41, 5.74) is -0.499. The summed E-state index contributed by atoms with van der Waals surface area (Å²) in [5, 5.41) is -0.360. The van der Waals surface area contributed by atoms with Gasteiger partial charge < -0.3 is 4.42 Å². The van der Waals surface area contributed by atoms with Crippen molar-refractivity contribution in [2.45, 2.75) is 26.1 Å². The molecule has 1 saturated heterocycles. The Hall–Kier alpha value is -2.48. The van der Waals surface area contributed by atoms with Gasteiger partial charge in [-0.15, -0.1) is 0 Å². The fraction of sp³-hybridized carbons (Fsp3) is 0.222. The van der Waals surface area contributed by atoms with Crippen molar-refractivity contribution in [3.05, 3.63) is 52.6 Å². The largest absolute Gasteiger partial charge is 0.457 e. The number of carbonyl (C=O) groups is 2. The van der Waals surface area contributed by atoms with Crippen LogP contribution in [0.2, 0.25) is 0 Å². The zero-order valence-corrected chi connectivity index (χ0v) is 14.6. The van der Waals surface area contributed by atoms with Crippen LogP contribution in [0.15, 0.2) is 45.7 Å². The van der Waals surface area contributed by atoms with Crippen LogP contribution in [-0.2, 0) is 11.0 Å². The summed E-state index contributed by atoms with van der Waals surface area (Å²) in [6.07, 6.45) is -3.02. The predicted octanol–water partition coefficient (Wildman–Crippen LogP) is 5.41. The smallest absolute Gasteiger partial charge is 0.416 e. The fourth-order valence-corrected chi connectivity index (χ4v) is 3.43. The van der Waals surface area contributed by atoms with Crippen LogP contribution < -0.4 is 0 Å². The maximum Gasteiger partial charge on any atom is 0.416 e. The van der Waals surface area contributed by atoms with Gasteiger partial charge in [-0.25, -0.2) is 0 Å². The summed E-state index contributed by atoms with van der Waals surface area (Å²) in [7, 11) is 0. The van der Waals surface area contributed by atoms with Gasteiger partial charge in [-0.1, -0.05) is 12.1 Å². The van der Waals surface area contributed by atoms with Gasteiger partial charge in [0, 0.05) is 17.7 Å². The van der Waals surface area contributed by atoms with Gasteiger partial charge in [-0.05, 0) is 49.9 Å². The summed E-state index contributed by atoms with van der Waals surface area (Å²) < 4.78 is 44.0. The number of nitrogens with zero attached hydrogens (tertiary/aromatic N) is 1. The lowest BCUT2D eigenvalue weighted by Crippen LogP contribution is -2.34. The van der Waals surface area contributed by atoms with Crippen LogP contribution in [0.1, 0.15) is 25.2 Å². The van der Waals surface area contributed by atoms with Crippen LogP contribution in [0.5, 0.6) is 0 Å². The highest BCUT2D eigenvalue weighted by Gasteiger charge is 2.37. The van der Waals surface area contributed by atoms with Gasteiger partial charge >= 0.3 is 6.18 Å². The number of alkyl halides is 3. The monoisotopic (exact) mass is 381 g/mol. The van der Waals surface area contributed by atoms with E-state index < -0.39 is 17.6 Å². The molecule has 136 valence electrons. The molecule has 4 nitrogen and oxygen atoms in total. The minimum absolute atomic E-state index is 0.216. The quantitative estimate of drug-likeness (QED) is 0.667. The predicted molar refractivity (Wildman–Crippen MR) is 92.1 cm³/mol. The van der Waals surface area contributed by atoms with E-state index in [0.717, 1.165) is 28.8 Å². The highest BCUT2D eigenvalue weighted by atomic mass is 32.2. The second-order valence-electron chi connectivity index (χ2n) is 5.93. The summed E-state index contributed by atoms with van der Waals surface area (Å²) in [6.45, 7) is 3.47. The van der Waals surface area contributed by atoms with Crippen molar-refractivity contribution >= 4 is 29.0 Å². The Balaban J connectivity index is 1.88. The average molecular weight is 381 g/mol. The van der Waals surface area contributed by atoms with Crippen LogP contribution in [0.4, 0.5) is 18.0 Å². The maximum absolute atomic E-state index is 12.8. The van der Waals surface area contributed by atoms with Crippen molar-refractivity contribution in [1.82, 2.24) is 4.90 Å². The number of hydrogen-bond donors (Lipinski definition) is 0. The zero-order valence-electron chi connectivity index (χ0n) is 13.8. The lowest BCUT2D eigenvalue weighted by molar-refractivity contribution is -0.137. The van der Waals surface area contributed by atoms with Crippen LogP contribution in [0.3, 0.4) is 0 Å².